The van der Waals surface area contributed by atoms with Gasteiger partial charge in [-0.05, 0) is 48.9 Å². The first kappa shape index (κ1) is 12.8. The lowest BCUT2D eigenvalue weighted by Crippen LogP contribution is -1.90. The topological polar surface area (TPSA) is 35.2 Å². The van der Waals surface area contributed by atoms with Gasteiger partial charge in [0, 0.05) is 15.8 Å². The molecule has 0 saturated carbocycles. The van der Waals surface area contributed by atoms with Crippen LogP contribution in [0.4, 0.5) is 5.69 Å². The van der Waals surface area contributed by atoms with E-state index in [0.717, 1.165) is 11.4 Å². The molecule has 2 N–H and O–H groups in total. The molecular weight excluding hydrogens is 242 g/mol. The molecule has 0 bridgehead atoms. The number of anilines is 1. The van der Waals surface area contributed by atoms with Crippen LogP contribution in [0.5, 0.6) is 5.75 Å². The number of nitrogens with two attached hydrogens (primary N) is 1. The summed E-state index contributed by atoms with van der Waals surface area (Å²) in [7, 11) is 1.68. The normalized spacial score (nSPS) is 12.1. The number of thioether (sulfide) groups is 1. The molecule has 0 spiro atoms. The maximum Gasteiger partial charge on any atom is 0.118 e. The van der Waals surface area contributed by atoms with Crippen LogP contribution < -0.4 is 10.5 Å². The summed E-state index contributed by atoms with van der Waals surface area (Å²) in [6.07, 6.45) is 0. The van der Waals surface area contributed by atoms with Crippen LogP contribution in [0, 0.1) is 0 Å². The summed E-state index contributed by atoms with van der Waals surface area (Å²) < 4.78 is 5.15. The van der Waals surface area contributed by atoms with Crippen LogP contribution in [0.3, 0.4) is 0 Å². The maximum absolute atomic E-state index is 5.69. The van der Waals surface area contributed by atoms with E-state index in [1.807, 2.05) is 36.0 Å². The zero-order valence-electron chi connectivity index (χ0n) is 10.6. The summed E-state index contributed by atoms with van der Waals surface area (Å²) in [4.78, 5) is 1.24. The Morgan fingerprint density at radius 2 is 1.61 bits per heavy atom. The fraction of sp³-hybridized carbons (Fsp3) is 0.200. The van der Waals surface area contributed by atoms with Gasteiger partial charge in [0.2, 0.25) is 0 Å². The highest BCUT2D eigenvalue weighted by molar-refractivity contribution is 7.99. The molecule has 0 aliphatic heterocycles. The molecule has 1 atom stereocenters. The average Bonchev–Trinajstić information content (AvgIpc) is 2.40. The zero-order chi connectivity index (χ0) is 13.0. The van der Waals surface area contributed by atoms with Gasteiger partial charge in [-0.3, -0.25) is 0 Å². The summed E-state index contributed by atoms with van der Waals surface area (Å²) in [5, 5.41) is 0.402. The number of methoxy groups -OCH3 is 1. The van der Waals surface area contributed by atoms with Crippen molar-refractivity contribution in [2.45, 2.75) is 17.1 Å². The quantitative estimate of drug-likeness (QED) is 0.662. The van der Waals surface area contributed by atoms with Gasteiger partial charge in [-0.2, -0.15) is 0 Å². The number of rotatable bonds is 4. The van der Waals surface area contributed by atoms with Crippen molar-refractivity contribution in [1.82, 2.24) is 0 Å². The van der Waals surface area contributed by atoms with E-state index in [-0.39, 0.29) is 0 Å². The first-order valence-corrected chi connectivity index (χ1v) is 6.73. The van der Waals surface area contributed by atoms with Gasteiger partial charge < -0.3 is 10.5 Å². The average molecular weight is 259 g/mol. The number of benzene rings is 2. The van der Waals surface area contributed by atoms with Crippen LogP contribution in [0.25, 0.3) is 0 Å². The third kappa shape index (κ3) is 3.20. The fourth-order valence-electron chi connectivity index (χ4n) is 1.69. The molecule has 0 aliphatic carbocycles. The molecule has 0 aliphatic rings. The van der Waals surface area contributed by atoms with Crippen LogP contribution in [0.1, 0.15) is 17.7 Å². The second kappa shape index (κ2) is 5.83. The molecule has 2 nitrogen and oxygen atoms in total. The van der Waals surface area contributed by atoms with Crippen LogP contribution in [-0.2, 0) is 0 Å². The van der Waals surface area contributed by atoms with Crippen molar-refractivity contribution in [2.75, 3.05) is 12.8 Å². The molecule has 1 unspecified atom stereocenters. The minimum absolute atomic E-state index is 0.402. The smallest absolute Gasteiger partial charge is 0.118 e. The highest BCUT2D eigenvalue weighted by Gasteiger charge is 2.07. The van der Waals surface area contributed by atoms with Crippen LogP contribution in [0.15, 0.2) is 53.4 Å². The predicted octanol–water partition coefficient (Wildman–Crippen LogP) is 4.13. The number of hydrogen-bond donors (Lipinski definition) is 1. The lowest BCUT2D eigenvalue weighted by molar-refractivity contribution is 0.414. The third-order valence-corrected chi connectivity index (χ3v) is 3.95. The van der Waals surface area contributed by atoms with Crippen molar-refractivity contribution >= 4 is 17.4 Å². The lowest BCUT2D eigenvalue weighted by Gasteiger charge is -2.12. The molecular formula is C15H17NOS. The van der Waals surface area contributed by atoms with Crippen molar-refractivity contribution in [3.05, 3.63) is 54.1 Å². The number of nitrogen functional groups attached to an aromatic ring is 1. The Balaban J connectivity index is 2.05. The Morgan fingerprint density at radius 1 is 1.00 bits per heavy atom. The van der Waals surface area contributed by atoms with Gasteiger partial charge in [-0.25, -0.2) is 0 Å². The Hall–Kier alpha value is -1.61. The first-order valence-electron chi connectivity index (χ1n) is 5.85. The van der Waals surface area contributed by atoms with E-state index >= 15 is 0 Å². The van der Waals surface area contributed by atoms with Gasteiger partial charge >= 0.3 is 0 Å². The number of hydrogen-bond acceptors (Lipinski definition) is 3. The molecule has 18 heavy (non-hydrogen) atoms. The van der Waals surface area contributed by atoms with Gasteiger partial charge in [0.25, 0.3) is 0 Å². The van der Waals surface area contributed by atoms with Crippen molar-refractivity contribution in [2.24, 2.45) is 0 Å². The van der Waals surface area contributed by atoms with Crippen LogP contribution in [-0.4, -0.2) is 7.11 Å². The van der Waals surface area contributed by atoms with Gasteiger partial charge in [0.1, 0.15) is 5.75 Å². The lowest BCUT2D eigenvalue weighted by atomic mass is 10.1. The Labute approximate surface area is 112 Å². The van der Waals surface area contributed by atoms with E-state index in [2.05, 4.69) is 31.2 Å². The fourth-order valence-corrected chi connectivity index (χ4v) is 2.69. The second-order valence-corrected chi connectivity index (χ2v) is 5.52. The van der Waals surface area contributed by atoms with E-state index < -0.39 is 0 Å². The molecule has 0 amide bonds. The van der Waals surface area contributed by atoms with E-state index in [4.69, 9.17) is 10.5 Å². The van der Waals surface area contributed by atoms with E-state index in [9.17, 15) is 0 Å². The Morgan fingerprint density at radius 3 is 2.17 bits per heavy atom. The molecule has 0 aromatic heterocycles. The van der Waals surface area contributed by atoms with E-state index in [0.29, 0.717) is 5.25 Å². The molecule has 0 fully saturated rings. The summed E-state index contributed by atoms with van der Waals surface area (Å²) in [5.74, 6) is 0.888. The van der Waals surface area contributed by atoms with Gasteiger partial charge in [-0.15, -0.1) is 11.8 Å². The second-order valence-electron chi connectivity index (χ2n) is 4.10. The zero-order valence-corrected chi connectivity index (χ0v) is 11.4. The summed E-state index contributed by atoms with van der Waals surface area (Å²) in [5.41, 5.74) is 7.78. The monoisotopic (exact) mass is 259 g/mol. The highest BCUT2D eigenvalue weighted by atomic mass is 32.2. The summed E-state index contributed by atoms with van der Waals surface area (Å²) in [6.45, 7) is 2.19. The van der Waals surface area contributed by atoms with E-state index in [1.165, 1.54) is 10.5 Å². The predicted molar refractivity (Wildman–Crippen MR) is 78.1 cm³/mol. The van der Waals surface area contributed by atoms with Crippen molar-refractivity contribution in [3.8, 4) is 5.75 Å². The van der Waals surface area contributed by atoms with Crippen molar-refractivity contribution in [1.29, 1.82) is 0 Å². The largest absolute Gasteiger partial charge is 0.497 e. The van der Waals surface area contributed by atoms with Gasteiger partial charge in [-0.1, -0.05) is 12.1 Å². The molecule has 0 radical (unpaired) electrons. The van der Waals surface area contributed by atoms with Gasteiger partial charge in [0.05, 0.1) is 7.11 Å². The van der Waals surface area contributed by atoms with Crippen molar-refractivity contribution < 1.29 is 4.74 Å². The minimum atomic E-state index is 0.402. The molecule has 2 aromatic rings. The van der Waals surface area contributed by atoms with Crippen LogP contribution >= 0.6 is 11.8 Å². The molecule has 3 heteroatoms. The minimum Gasteiger partial charge on any atom is -0.497 e. The molecule has 0 heterocycles. The SMILES string of the molecule is COc1ccc(SC(C)c2ccc(N)cc2)cc1. The summed E-state index contributed by atoms with van der Waals surface area (Å²) in [6, 6.07) is 16.2. The molecule has 2 rings (SSSR count). The van der Waals surface area contributed by atoms with Crippen molar-refractivity contribution in [3.63, 3.8) is 0 Å². The van der Waals surface area contributed by atoms with Gasteiger partial charge in [0.15, 0.2) is 0 Å². The number of ether oxygens (including phenoxy) is 1. The Bertz CT molecular complexity index is 493. The highest BCUT2D eigenvalue weighted by Crippen LogP contribution is 2.35. The van der Waals surface area contributed by atoms with E-state index in [1.54, 1.807) is 7.11 Å². The summed E-state index contributed by atoms with van der Waals surface area (Å²) >= 11 is 1.83. The maximum atomic E-state index is 5.69. The molecule has 0 saturated heterocycles. The first-order chi connectivity index (χ1) is 8.69. The third-order valence-electron chi connectivity index (χ3n) is 2.78. The molecule has 2 aromatic carbocycles. The molecule has 94 valence electrons. The standard InChI is InChI=1S/C15H17NOS/c1-11(12-3-5-13(16)6-4-12)18-15-9-7-14(17-2)8-10-15/h3-11H,16H2,1-2H3. The Kier molecular flexibility index (Phi) is 4.15. The van der Waals surface area contributed by atoms with Crippen LogP contribution in [0.2, 0.25) is 0 Å².